The van der Waals surface area contributed by atoms with Crippen LogP contribution in [-0.2, 0) is 0 Å². The number of phenolic OH excluding ortho intramolecular Hbond substituents is 2. The van der Waals surface area contributed by atoms with Crippen LogP contribution >= 0.6 is 0 Å². The zero-order valence-corrected chi connectivity index (χ0v) is 11.7. The van der Waals surface area contributed by atoms with Crippen LogP contribution in [0.5, 0.6) is 11.5 Å². The SMILES string of the molecule is N#C/C(=C\c1ccc(O)c(O)c1)c1ccc2ccccc2c1. The summed E-state index contributed by atoms with van der Waals surface area (Å²) in [5, 5.41) is 30.5. The molecule has 0 saturated heterocycles. The van der Waals surface area contributed by atoms with E-state index in [1.54, 1.807) is 12.1 Å². The Bertz CT molecular complexity index is 920. The molecule has 0 aromatic heterocycles. The molecule has 22 heavy (non-hydrogen) atoms. The van der Waals surface area contributed by atoms with Gasteiger partial charge in [-0.1, -0.05) is 42.5 Å². The van der Waals surface area contributed by atoms with Crippen molar-refractivity contribution in [3.8, 4) is 17.6 Å². The molecule has 3 nitrogen and oxygen atoms in total. The van der Waals surface area contributed by atoms with E-state index in [-0.39, 0.29) is 11.5 Å². The van der Waals surface area contributed by atoms with E-state index in [0.29, 0.717) is 11.1 Å². The Morgan fingerprint density at radius 1 is 0.864 bits per heavy atom. The minimum atomic E-state index is -0.204. The third-order valence-corrected chi connectivity index (χ3v) is 3.49. The number of fused-ring (bicyclic) bond motifs is 1. The van der Waals surface area contributed by atoms with Crippen LogP contribution in [0.1, 0.15) is 11.1 Å². The van der Waals surface area contributed by atoms with Gasteiger partial charge in [0.15, 0.2) is 11.5 Å². The first-order chi connectivity index (χ1) is 10.7. The average Bonchev–Trinajstić information content (AvgIpc) is 2.55. The van der Waals surface area contributed by atoms with Crippen molar-refractivity contribution in [1.29, 1.82) is 5.26 Å². The molecule has 0 spiro atoms. The largest absolute Gasteiger partial charge is 0.504 e. The van der Waals surface area contributed by atoms with Crippen molar-refractivity contribution in [1.82, 2.24) is 0 Å². The number of allylic oxidation sites excluding steroid dienone is 1. The summed E-state index contributed by atoms with van der Waals surface area (Å²) in [5.41, 5.74) is 1.96. The lowest BCUT2D eigenvalue weighted by molar-refractivity contribution is 0.403. The quantitative estimate of drug-likeness (QED) is 0.419. The van der Waals surface area contributed by atoms with E-state index in [1.807, 2.05) is 42.5 Å². The molecule has 0 aliphatic heterocycles. The molecule has 3 heteroatoms. The van der Waals surface area contributed by atoms with Crippen molar-refractivity contribution < 1.29 is 10.2 Å². The van der Waals surface area contributed by atoms with Gasteiger partial charge in [0.2, 0.25) is 0 Å². The number of aromatic hydroxyl groups is 2. The van der Waals surface area contributed by atoms with Gasteiger partial charge in [-0.2, -0.15) is 5.26 Å². The minimum absolute atomic E-state index is 0.179. The first-order valence-electron chi connectivity index (χ1n) is 6.80. The number of rotatable bonds is 2. The summed E-state index contributed by atoms with van der Waals surface area (Å²) in [7, 11) is 0. The fraction of sp³-hybridized carbons (Fsp3) is 0. The second-order valence-corrected chi connectivity index (χ2v) is 4.98. The molecule has 2 N–H and O–H groups in total. The van der Waals surface area contributed by atoms with Crippen molar-refractivity contribution in [3.63, 3.8) is 0 Å². The Balaban J connectivity index is 2.07. The van der Waals surface area contributed by atoms with Crippen molar-refractivity contribution in [2.75, 3.05) is 0 Å². The number of benzene rings is 3. The topological polar surface area (TPSA) is 64.2 Å². The second-order valence-electron chi connectivity index (χ2n) is 4.98. The molecular formula is C19H13NO2. The number of nitriles is 1. The van der Waals surface area contributed by atoms with E-state index < -0.39 is 0 Å². The third kappa shape index (κ3) is 2.63. The van der Waals surface area contributed by atoms with Crippen LogP contribution in [0.15, 0.2) is 60.7 Å². The summed E-state index contributed by atoms with van der Waals surface area (Å²) in [4.78, 5) is 0. The summed E-state index contributed by atoms with van der Waals surface area (Å²) in [6, 6.07) is 20.4. The lowest BCUT2D eigenvalue weighted by Crippen LogP contribution is -1.83. The predicted molar refractivity (Wildman–Crippen MR) is 87.2 cm³/mol. The maximum atomic E-state index is 9.54. The highest BCUT2D eigenvalue weighted by Gasteiger charge is 2.04. The van der Waals surface area contributed by atoms with E-state index in [0.717, 1.165) is 16.3 Å². The average molecular weight is 287 g/mol. The summed E-state index contributed by atoms with van der Waals surface area (Å²) >= 11 is 0. The molecule has 3 aromatic rings. The van der Waals surface area contributed by atoms with Gasteiger partial charge >= 0.3 is 0 Å². The fourth-order valence-electron chi connectivity index (χ4n) is 2.33. The highest BCUT2D eigenvalue weighted by Crippen LogP contribution is 2.28. The monoisotopic (exact) mass is 287 g/mol. The van der Waals surface area contributed by atoms with Gasteiger partial charge in [-0.25, -0.2) is 0 Å². The maximum Gasteiger partial charge on any atom is 0.157 e. The maximum absolute atomic E-state index is 9.54. The van der Waals surface area contributed by atoms with E-state index >= 15 is 0 Å². The summed E-state index contributed by atoms with van der Waals surface area (Å²) < 4.78 is 0. The van der Waals surface area contributed by atoms with Gasteiger partial charge in [0.25, 0.3) is 0 Å². The van der Waals surface area contributed by atoms with Crippen molar-refractivity contribution in [2.24, 2.45) is 0 Å². The van der Waals surface area contributed by atoms with Crippen LogP contribution in [0.3, 0.4) is 0 Å². The molecule has 0 fully saturated rings. The van der Waals surface area contributed by atoms with Gasteiger partial charge in [0, 0.05) is 0 Å². The number of phenols is 2. The Hall–Kier alpha value is -3.25. The number of hydrogen-bond acceptors (Lipinski definition) is 3. The Morgan fingerprint density at radius 3 is 2.36 bits per heavy atom. The molecule has 0 radical (unpaired) electrons. The summed E-state index contributed by atoms with van der Waals surface area (Å²) in [6.07, 6.45) is 1.68. The Morgan fingerprint density at radius 2 is 1.64 bits per heavy atom. The highest BCUT2D eigenvalue weighted by atomic mass is 16.3. The Labute approximate surface area is 128 Å². The number of hydrogen-bond donors (Lipinski definition) is 2. The van der Waals surface area contributed by atoms with Gasteiger partial charge in [0.1, 0.15) is 0 Å². The second kappa shape index (κ2) is 5.63. The standard InChI is InChI=1S/C19H13NO2/c20-12-17(9-13-5-8-18(21)19(22)10-13)16-7-6-14-3-1-2-4-15(14)11-16/h1-11,21-22H/b17-9+. The molecule has 3 aromatic carbocycles. The molecule has 0 heterocycles. The molecule has 0 aliphatic rings. The zero-order chi connectivity index (χ0) is 15.5. The van der Waals surface area contributed by atoms with Crippen molar-refractivity contribution >= 4 is 22.4 Å². The van der Waals surface area contributed by atoms with Crippen molar-refractivity contribution in [2.45, 2.75) is 0 Å². The van der Waals surface area contributed by atoms with Gasteiger partial charge < -0.3 is 10.2 Å². The van der Waals surface area contributed by atoms with Crippen LogP contribution in [0.4, 0.5) is 0 Å². The van der Waals surface area contributed by atoms with Crippen LogP contribution in [0.2, 0.25) is 0 Å². The minimum Gasteiger partial charge on any atom is -0.504 e. The predicted octanol–water partition coefficient (Wildman–Crippen LogP) is 4.32. The normalized spacial score (nSPS) is 11.3. The van der Waals surface area contributed by atoms with Gasteiger partial charge in [-0.3, -0.25) is 0 Å². The molecule has 106 valence electrons. The van der Waals surface area contributed by atoms with Crippen LogP contribution in [0.25, 0.3) is 22.4 Å². The zero-order valence-electron chi connectivity index (χ0n) is 11.7. The fourth-order valence-corrected chi connectivity index (χ4v) is 2.33. The molecule has 0 unspecified atom stereocenters. The molecule has 0 aliphatic carbocycles. The molecule has 0 atom stereocenters. The molecule has 3 rings (SSSR count). The third-order valence-electron chi connectivity index (χ3n) is 3.49. The lowest BCUT2D eigenvalue weighted by Gasteiger charge is -2.04. The first kappa shape index (κ1) is 13.7. The molecule has 0 saturated carbocycles. The van der Waals surface area contributed by atoms with Crippen molar-refractivity contribution in [3.05, 3.63) is 71.8 Å². The van der Waals surface area contributed by atoms with Gasteiger partial charge in [-0.05, 0) is 46.2 Å². The molecule has 0 amide bonds. The van der Waals surface area contributed by atoms with E-state index in [4.69, 9.17) is 0 Å². The lowest BCUT2D eigenvalue weighted by atomic mass is 10.00. The summed E-state index contributed by atoms with van der Waals surface area (Å²) in [5.74, 6) is -0.383. The van der Waals surface area contributed by atoms with E-state index in [9.17, 15) is 15.5 Å². The van der Waals surface area contributed by atoms with Crippen LogP contribution in [-0.4, -0.2) is 10.2 Å². The Kier molecular flexibility index (Phi) is 3.51. The smallest absolute Gasteiger partial charge is 0.157 e. The van der Waals surface area contributed by atoms with E-state index in [1.165, 1.54) is 12.1 Å². The highest BCUT2D eigenvalue weighted by molar-refractivity contribution is 5.94. The first-order valence-corrected chi connectivity index (χ1v) is 6.80. The van der Waals surface area contributed by atoms with E-state index in [2.05, 4.69) is 6.07 Å². The van der Waals surface area contributed by atoms with Crippen LogP contribution in [0, 0.1) is 11.3 Å². The van der Waals surface area contributed by atoms with Crippen LogP contribution < -0.4 is 0 Å². The summed E-state index contributed by atoms with van der Waals surface area (Å²) in [6.45, 7) is 0. The number of nitrogens with zero attached hydrogens (tertiary/aromatic N) is 1. The van der Waals surface area contributed by atoms with Gasteiger partial charge in [0.05, 0.1) is 11.6 Å². The molecular weight excluding hydrogens is 274 g/mol. The van der Waals surface area contributed by atoms with Gasteiger partial charge in [-0.15, -0.1) is 0 Å². The molecule has 0 bridgehead atoms.